The van der Waals surface area contributed by atoms with Gasteiger partial charge < -0.3 is 13.8 Å². The molecule has 0 bridgehead atoms. The molecule has 6 nitrogen and oxygen atoms in total. The smallest absolute Gasteiger partial charge is 0.259 e. The number of aromatic nitrogens is 2. The largest absolute Gasteiger partial charge is 0.463 e. The highest BCUT2D eigenvalue weighted by molar-refractivity contribution is 6.14. The summed E-state index contributed by atoms with van der Waals surface area (Å²) in [5, 5.41) is 4.68. The molecule has 0 aliphatic carbocycles. The van der Waals surface area contributed by atoms with Gasteiger partial charge >= 0.3 is 0 Å². The lowest BCUT2D eigenvalue weighted by Gasteiger charge is -2.31. The second-order valence-electron chi connectivity index (χ2n) is 7.12. The quantitative estimate of drug-likeness (QED) is 0.509. The average Bonchev–Trinajstić information content (AvgIpc) is 3.37. The summed E-state index contributed by atoms with van der Waals surface area (Å²) in [6.45, 7) is 4.55. The van der Waals surface area contributed by atoms with Crippen molar-refractivity contribution in [3.63, 3.8) is 0 Å². The van der Waals surface area contributed by atoms with Gasteiger partial charge in [-0.05, 0) is 56.0 Å². The van der Waals surface area contributed by atoms with E-state index in [-0.39, 0.29) is 5.91 Å². The second kappa shape index (κ2) is 6.34. The standard InChI is InChI=1S/C22H19N3O3/c1-13-6-3-7-15-8-4-10-25(20(13)15)22(26)16-12-17(18-9-5-11-27-18)23-21-19(16)14(2)24-28-21/h3,5-7,9,11-12H,4,8,10H2,1-2H3. The molecule has 28 heavy (non-hydrogen) atoms. The number of carbonyl (C=O) groups is 1. The SMILES string of the molecule is Cc1cccc2c1N(C(=O)c1cc(-c3ccco3)nc3onc(C)c13)CCC2. The van der Waals surface area contributed by atoms with Crippen molar-refractivity contribution in [1.29, 1.82) is 0 Å². The van der Waals surface area contributed by atoms with Gasteiger partial charge in [0.05, 0.1) is 28.6 Å². The number of carbonyl (C=O) groups excluding carboxylic acids is 1. The maximum absolute atomic E-state index is 13.7. The molecule has 0 spiro atoms. The third kappa shape index (κ3) is 2.52. The topological polar surface area (TPSA) is 72.4 Å². The fourth-order valence-electron chi connectivity index (χ4n) is 4.01. The maximum atomic E-state index is 13.7. The summed E-state index contributed by atoms with van der Waals surface area (Å²) in [5.74, 6) is 0.516. The number of pyridine rings is 1. The number of hydrogen-bond donors (Lipinski definition) is 0. The first kappa shape index (κ1) is 16.7. The van der Waals surface area contributed by atoms with Gasteiger partial charge in [-0.15, -0.1) is 0 Å². The Labute approximate surface area is 161 Å². The van der Waals surface area contributed by atoms with Crippen molar-refractivity contribution in [1.82, 2.24) is 10.1 Å². The first-order valence-corrected chi connectivity index (χ1v) is 9.35. The number of nitrogens with zero attached hydrogens (tertiary/aromatic N) is 3. The van der Waals surface area contributed by atoms with Crippen LogP contribution in [0.2, 0.25) is 0 Å². The molecule has 1 aromatic carbocycles. The third-order valence-corrected chi connectivity index (χ3v) is 5.29. The minimum Gasteiger partial charge on any atom is -0.463 e. The number of amides is 1. The van der Waals surface area contributed by atoms with E-state index in [4.69, 9.17) is 8.94 Å². The Hall–Kier alpha value is -3.41. The number of furan rings is 1. The van der Waals surface area contributed by atoms with Crippen LogP contribution in [0.4, 0.5) is 5.69 Å². The molecule has 6 heteroatoms. The summed E-state index contributed by atoms with van der Waals surface area (Å²) in [7, 11) is 0. The normalized spacial score (nSPS) is 13.7. The monoisotopic (exact) mass is 373 g/mol. The van der Waals surface area contributed by atoms with Gasteiger partial charge in [0.2, 0.25) is 0 Å². The number of benzene rings is 1. The van der Waals surface area contributed by atoms with Gasteiger partial charge in [0.25, 0.3) is 11.6 Å². The first-order valence-electron chi connectivity index (χ1n) is 9.35. The minimum atomic E-state index is -0.0678. The molecule has 0 unspecified atom stereocenters. The average molecular weight is 373 g/mol. The lowest BCUT2D eigenvalue weighted by atomic mass is 9.97. The summed E-state index contributed by atoms with van der Waals surface area (Å²) >= 11 is 0. The van der Waals surface area contributed by atoms with Gasteiger partial charge in [-0.2, -0.15) is 0 Å². The van der Waals surface area contributed by atoms with E-state index in [0.717, 1.165) is 24.1 Å². The van der Waals surface area contributed by atoms with Gasteiger partial charge in [-0.3, -0.25) is 4.79 Å². The van der Waals surface area contributed by atoms with Crippen LogP contribution in [-0.2, 0) is 6.42 Å². The Balaban J connectivity index is 1.70. The summed E-state index contributed by atoms with van der Waals surface area (Å²) in [6, 6.07) is 11.6. The van der Waals surface area contributed by atoms with Crippen molar-refractivity contribution in [3.05, 3.63) is 65.0 Å². The number of anilines is 1. The van der Waals surface area contributed by atoms with Gasteiger partial charge in [-0.25, -0.2) is 4.98 Å². The van der Waals surface area contributed by atoms with Crippen molar-refractivity contribution in [2.75, 3.05) is 11.4 Å². The van der Waals surface area contributed by atoms with Crippen molar-refractivity contribution in [2.24, 2.45) is 0 Å². The van der Waals surface area contributed by atoms with Crippen molar-refractivity contribution >= 4 is 22.7 Å². The van der Waals surface area contributed by atoms with E-state index in [2.05, 4.69) is 16.2 Å². The van der Waals surface area contributed by atoms with Crippen LogP contribution in [0.1, 0.15) is 33.6 Å². The van der Waals surface area contributed by atoms with E-state index in [1.807, 2.05) is 36.9 Å². The Kier molecular flexibility index (Phi) is 3.79. The number of rotatable bonds is 2. The molecule has 4 aromatic rings. The first-order chi connectivity index (χ1) is 13.6. The Morgan fingerprint density at radius 2 is 2.07 bits per heavy atom. The zero-order valence-corrected chi connectivity index (χ0v) is 15.7. The van der Waals surface area contributed by atoms with E-state index in [0.29, 0.717) is 40.4 Å². The van der Waals surface area contributed by atoms with Crippen LogP contribution in [0.3, 0.4) is 0 Å². The van der Waals surface area contributed by atoms with E-state index in [9.17, 15) is 4.79 Å². The van der Waals surface area contributed by atoms with E-state index in [1.54, 1.807) is 18.4 Å². The molecule has 0 saturated heterocycles. The lowest BCUT2D eigenvalue weighted by molar-refractivity contribution is 0.0986. The fourth-order valence-corrected chi connectivity index (χ4v) is 4.01. The number of hydrogen-bond acceptors (Lipinski definition) is 5. The van der Waals surface area contributed by atoms with Crippen molar-refractivity contribution in [2.45, 2.75) is 26.7 Å². The molecule has 5 rings (SSSR count). The molecular formula is C22H19N3O3. The Morgan fingerprint density at radius 1 is 1.18 bits per heavy atom. The highest BCUT2D eigenvalue weighted by Crippen LogP contribution is 2.34. The molecule has 3 aromatic heterocycles. The lowest BCUT2D eigenvalue weighted by Crippen LogP contribution is -2.36. The fraction of sp³-hybridized carbons (Fsp3) is 0.227. The van der Waals surface area contributed by atoms with E-state index >= 15 is 0 Å². The Bertz CT molecular complexity index is 1190. The predicted molar refractivity (Wildman–Crippen MR) is 105 cm³/mol. The van der Waals surface area contributed by atoms with Crippen LogP contribution in [0.15, 0.2) is 51.6 Å². The van der Waals surface area contributed by atoms with E-state index in [1.165, 1.54) is 5.56 Å². The van der Waals surface area contributed by atoms with Gasteiger partial charge in [0.1, 0.15) is 5.69 Å². The van der Waals surface area contributed by atoms with E-state index < -0.39 is 0 Å². The van der Waals surface area contributed by atoms with Gasteiger partial charge in [0.15, 0.2) is 5.76 Å². The molecule has 0 atom stereocenters. The molecule has 140 valence electrons. The number of para-hydroxylation sites is 1. The van der Waals surface area contributed by atoms with Crippen molar-refractivity contribution < 1.29 is 13.7 Å². The minimum absolute atomic E-state index is 0.0678. The van der Waals surface area contributed by atoms with Crippen molar-refractivity contribution in [3.8, 4) is 11.5 Å². The molecule has 1 aliphatic rings. The van der Waals surface area contributed by atoms with Crippen LogP contribution in [0.25, 0.3) is 22.6 Å². The maximum Gasteiger partial charge on any atom is 0.259 e. The summed E-state index contributed by atoms with van der Waals surface area (Å²) in [6.07, 6.45) is 3.50. The highest BCUT2D eigenvalue weighted by Gasteiger charge is 2.28. The van der Waals surface area contributed by atoms with Gasteiger partial charge in [0, 0.05) is 6.54 Å². The predicted octanol–water partition coefficient (Wildman–Crippen LogP) is 4.69. The molecule has 0 fully saturated rings. The molecular weight excluding hydrogens is 354 g/mol. The Morgan fingerprint density at radius 3 is 2.89 bits per heavy atom. The number of aryl methyl sites for hydroxylation is 3. The summed E-state index contributed by atoms with van der Waals surface area (Å²) in [5.41, 5.74) is 5.40. The third-order valence-electron chi connectivity index (χ3n) is 5.29. The van der Waals surface area contributed by atoms with Crippen LogP contribution in [0.5, 0.6) is 0 Å². The molecule has 1 amide bonds. The highest BCUT2D eigenvalue weighted by atomic mass is 16.5. The molecule has 0 N–H and O–H groups in total. The molecule has 0 radical (unpaired) electrons. The zero-order chi connectivity index (χ0) is 19.3. The molecule has 1 aliphatic heterocycles. The van der Waals surface area contributed by atoms with Gasteiger partial charge in [-0.1, -0.05) is 23.4 Å². The van der Waals surface area contributed by atoms with Crippen LogP contribution in [0, 0.1) is 13.8 Å². The number of fused-ring (bicyclic) bond motifs is 2. The summed E-state index contributed by atoms with van der Waals surface area (Å²) in [4.78, 5) is 20.1. The zero-order valence-electron chi connectivity index (χ0n) is 15.7. The van der Waals surface area contributed by atoms with Crippen LogP contribution < -0.4 is 4.90 Å². The second-order valence-corrected chi connectivity index (χ2v) is 7.12. The van der Waals surface area contributed by atoms with Crippen LogP contribution in [-0.4, -0.2) is 22.6 Å². The van der Waals surface area contributed by atoms with Crippen LogP contribution >= 0.6 is 0 Å². The molecule has 0 saturated carbocycles. The summed E-state index contributed by atoms with van der Waals surface area (Å²) < 4.78 is 10.9. The molecule has 4 heterocycles.